The van der Waals surface area contributed by atoms with E-state index in [2.05, 4.69) is 15.6 Å². The molecule has 0 aliphatic rings. The number of carbonyl (C=O) groups is 1. The normalized spacial score (nSPS) is 10.0. The summed E-state index contributed by atoms with van der Waals surface area (Å²) in [5.41, 5.74) is 1.41. The number of benzene rings is 2. The largest absolute Gasteiger partial charge is 0.495 e. The molecule has 2 N–H and O–H groups in total. The molecule has 2 aromatic carbocycles. The van der Waals surface area contributed by atoms with Crippen LogP contribution < -0.4 is 20.1 Å². The summed E-state index contributed by atoms with van der Waals surface area (Å²) >= 11 is 0. The van der Waals surface area contributed by atoms with Crippen LogP contribution >= 0.6 is 0 Å². The Kier molecular flexibility index (Phi) is 5.67. The van der Waals surface area contributed by atoms with Gasteiger partial charge in [-0.05, 0) is 36.4 Å². The monoisotopic (exact) mass is 349 g/mol. The fourth-order valence-corrected chi connectivity index (χ4v) is 2.29. The van der Waals surface area contributed by atoms with Gasteiger partial charge in [0.2, 0.25) is 0 Å². The molecule has 6 nitrogen and oxygen atoms in total. The minimum Gasteiger partial charge on any atom is -0.495 e. The van der Waals surface area contributed by atoms with E-state index < -0.39 is 0 Å². The van der Waals surface area contributed by atoms with E-state index in [1.165, 1.54) is 0 Å². The first-order valence-electron chi connectivity index (χ1n) is 8.08. The number of para-hydroxylation sites is 3. The van der Waals surface area contributed by atoms with Gasteiger partial charge in [0.25, 0.3) is 5.91 Å². The molecule has 132 valence electrons. The van der Waals surface area contributed by atoms with E-state index in [0.29, 0.717) is 17.3 Å². The topological polar surface area (TPSA) is 72.5 Å². The molecule has 0 saturated carbocycles. The number of anilines is 3. The third kappa shape index (κ3) is 4.73. The molecule has 0 aliphatic heterocycles. The molecule has 3 rings (SSSR count). The van der Waals surface area contributed by atoms with E-state index in [-0.39, 0.29) is 12.5 Å². The van der Waals surface area contributed by atoms with Crippen molar-refractivity contribution in [2.24, 2.45) is 0 Å². The number of ether oxygens (including phenoxy) is 2. The number of rotatable bonds is 7. The van der Waals surface area contributed by atoms with Gasteiger partial charge in [0, 0.05) is 0 Å². The molecule has 0 saturated heterocycles. The lowest BCUT2D eigenvalue weighted by Crippen LogP contribution is -2.20. The summed E-state index contributed by atoms with van der Waals surface area (Å²) in [4.78, 5) is 16.2. The van der Waals surface area contributed by atoms with Crippen molar-refractivity contribution in [3.05, 3.63) is 72.9 Å². The highest BCUT2D eigenvalue weighted by Crippen LogP contribution is 2.26. The lowest BCUT2D eigenvalue weighted by Gasteiger charge is -2.11. The van der Waals surface area contributed by atoms with E-state index >= 15 is 0 Å². The second-order valence-corrected chi connectivity index (χ2v) is 5.41. The van der Waals surface area contributed by atoms with Crippen LogP contribution in [0, 0.1) is 0 Å². The zero-order valence-electron chi connectivity index (χ0n) is 14.3. The number of aromatic nitrogens is 1. The summed E-state index contributed by atoms with van der Waals surface area (Å²) in [6, 6.07) is 20.3. The van der Waals surface area contributed by atoms with Gasteiger partial charge in [-0.3, -0.25) is 4.79 Å². The van der Waals surface area contributed by atoms with Gasteiger partial charge in [-0.2, -0.15) is 0 Å². The fraction of sp³-hybridized carbons (Fsp3) is 0.100. The van der Waals surface area contributed by atoms with Gasteiger partial charge in [-0.15, -0.1) is 0 Å². The van der Waals surface area contributed by atoms with Gasteiger partial charge in [-0.25, -0.2) is 4.98 Å². The molecule has 0 spiro atoms. The minimum absolute atomic E-state index is 0.0643. The summed E-state index contributed by atoms with van der Waals surface area (Å²) < 4.78 is 10.7. The van der Waals surface area contributed by atoms with Gasteiger partial charge in [-0.1, -0.05) is 30.3 Å². The molecule has 1 aromatic heterocycles. The first-order chi connectivity index (χ1) is 12.7. The van der Waals surface area contributed by atoms with Gasteiger partial charge in [0.05, 0.1) is 24.7 Å². The molecule has 0 atom stereocenters. The van der Waals surface area contributed by atoms with Crippen LogP contribution in [-0.4, -0.2) is 24.6 Å². The average molecular weight is 349 g/mol. The minimum atomic E-state index is -0.249. The van der Waals surface area contributed by atoms with Crippen molar-refractivity contribution < 1.29 is 14.3 Å². The van der Waals surface area contributed by atoms with E-state index in [0.717, 1.165) is 11.4 Å². The highest BCUT2D eigenvalue weighted by molar-refractivity contribution is 5.91. The van der Waals surface area contributed by atoms with Crippen LogP contribution in [0.1, 0.15) is 0 Å². The predicted molar refractivity (Wildman–Crippen MR) is 101 cm³/mol. The number of amides is 1. The lowest BCUT2D eigenvalue weighted by atomic mass is 10.3. The Hall–Kier alpha value is -3.54. The van der Waals surface area contributed by atoms with E-state index in [1.54, 1.807) is 37.6 Å². The third-order valence-corrected chi connectivity index (χ3v) is 3.53. The van der Waals surface area contributed by atoms with Crippen LogP contribution in [-0.2, 0) is 4.79 Å². The summed E-state index contributed by atoms with van der Waals surface area (Å²) in [6.07, 6.45) is 1.58. The van der Waals surface area contributed by atoms with Crippen LogP contribution in [0.2, 0.25) is 0 Å². The maximum atomic E-state index is 11.9. The van der Waals surface area contributed by atoms with E-state index in [4.69, 9.17) is 9.47 Å². The summed E-state index contributed by atoms with van der Waals surface area (Å²) in [7, 11) is 1.62. The van der Waals surface area contributed by atoms with E-state index in [9.17, 15) is 4.79 Å². The lowest BCUT2D eigenvalue weighted by molar-refractivity contribution is -0.118. The number of methoxy groups -OCH3 is 1. The van der Waals surface area contributed by atoms with Gasteiger partial charge in [0.15, 0.2) is 6.61 Å². The van der Waals surface area contributed by atoms with Crippen molar-refractivity contribution in [1.29, 1.82) is 0 Å². The molecule has 26 heavy (non-hydrogen) atoms. The standard InChI is InChI=1S/C20H19N3O3/c1-25-18-10-6-5-9-17(18)23-19-12-11-15(13-21-19)22-20(24)14-26-16-7-3-2-4-8-16/h2-13H,14H2,1H3,(H,21,23)(H,22,24). The summed E-state index contributed by atoms with van der Waals surface area (Å²) in [5, 5.41) is 5.92. The number of nitrogens with zero attached hydrogens (tertiary/aromatic N) is 1. The summed E-state index contributed by atoms with van der Waals surface area (Å²) in [5.74, 6) is 1.77. The molecule has 0 unspecified atom stereocenters. The van der Waals surface area contributed by atoms with Crippen LogP contribution in [0.15, 0.2) is 72.9 Å². The van der Waals surface area contributed by atoms with Gasteiger partial charge in [0.1, 0.15) is 17.3 Å². The second-order valence-electron chi connectivity index (χ2n) is 5.41. The maximum Gasteiger partial charge on any atom is 0.262 e. The Bertz CT molecular complexity index is 852. The molecule has 0 radical (unpaired) electrons. The van der Waals surface area contributed by atoms with Crippen molar-refractivity contribution in [2.45, 2.75) is 0 Å². The smallest absolute Gasteiger partial charge is 0.262 e. The van der Waals surface area contributed by atoms with Crippen molar-refractivity contribution in [1.82, 2.24) is 4.98 Å². The molecule has 0 bridgehead atoms. The SMILES string of the molecule is COc1ccccc1Nc1ccc(NC(=O)COc2ccccc2)cn1. The van der Waals surface area contributed by atoms with Crippen LogP contribution in [0.3, 0.4) is 0 Å². The zero-order chi connectivity index (χ0) is 18.2. The molecule has 0 fully saturated rings. The first kappa shape index (κ1) is 17.3. The summed E-state index contributed by atoms with van der Waals surface area (Å²) in [6.45, 7) is -0.0643. The van der Waals surface area contributed by atoms with Crippen molar-refractivity contribution >= 4 is 23.1 Å². The van der Waals surface area contributed by atoms with Crippen LogP contribution in [0.25, 0.3) is 0 Å². The van der Waals surface area contributed by atoms with Gasteiger partial charge < -0.3 is 20.1 Å². The second kappa shape index (κ2) is 8.53. The van der Waals surface area contributed by atoms with Crippen LogP contribution in [0.5, 0.6) is 11.5 Å². The van der Waals surface area contributed by atoms with Crippen molar-refractivity contribution in [2.75, 3.05) is 24.4 Å². The number of nitrogens with one attached hydrogen (secondary N) is 2. The molecular formula is C20H19N3O3. The molecular weight excluding hydrogens is 330 g/mol. The predicted octanol–water partition coefficient (Wildman–Crippen LogP) is 3.85. The molecule has 3 aromatic rings. The highest BCUT2D eigenvalue weighted by Gasteiger charge is 2.06. The van der Waals surface area contributed by atoms with Crippen molar-refractivity contribution in [3.8, 4) is 11.5 Å². The molecule has 6 heteroatoms. The van der Waals surface area contributed by atoms with E-state index in [1.807, 2.05) is 42.5 Å². The quantitative estimate of drug-likeness (QED) is 0.678. The highest BCUT2D eigenvalue weighted by atomic mass is 16.5. The maximum absolute atomic E-state index is 11.9. The number of hydrogen-bond acceptors (Lipinski definition) is 5. The third-order valence-electron chi connectivity index (χ3n) is 3.53. The number of hydrogen-bond donors (Lipinski definition) is 2. The average Bonchev–Trinajstić information content (AvgIpc) is 2.69. The molecule has 0 aliphatic carbocycles. The number of carbonyl (C=O) groups excluding carboxylic acids is 1. The Balaban J connectivity index is 1.55. The Morgan fingerprint density at radius 1 is 1.00 bits per heavy atom. The molecule has 1 heterocycles. The van der Waals surface area contributed by atoms with Gasteiger partial charge >= 0.3 is 0 Å². The number of pyridine rings is 1. The Labute approximate surface area is 151 Å². The van der Waals surface area contributed by atoms with Crippen molar-refractivity contribution in [3.63, 3.8) is 0 Å². The Morgan fingerprint density at radius 3 is 2.50 bits per heavy atom. The Morgan fingerprint density at radius 2 is 1.77 bits per heavy atom. The first-order valence-corrected chi connectivity index (χ1v) is 8.08. The fourth-order valence-electron chi connectivity index (χ4n) is 2.29. The van der Waals surface area contributed by atoms with Crippen LogP contribution in [0.4, 0.5) is 17.2 Å². The zero-order valence-corrected chi connectivity index (χ0v) is 14.3. The molecule has 1 amide bonds.